The third-order valence-electron chi connectivity index (χ3n) is 6.40. The van der Waals surface area contributed by atoms with Crippen LogP contribution in [0.4, 0.5) is 13.2 Å². The topological polar surface area (TPSA) is 68.2 Å². The Balaban J connectivity index is 1.15. The van der Waals surface area contributed by atoms with Gasteiger partial charge in [0.15, 0.2) is 6.61 Å². The molecule has 11 heteroatoms. The molecule has 1 fully saturated rings. The van der Waals surface area contributed by atoms with Crippen molar-refractivity contribution in [3.05, 3.63) is 20.6 Å². The smallest absolute Gasteiger partial charge is 0.422 e. The van der Waals surface area contributed by atoms with Gasteiger partial charge in [0.1, 0.15) is 15.8 Å². The van der Waals surface area contributed by atoms with E-state index in [4.69, 9.17) is 4.74 Å². The third kappa shape index (κ3) is 7.45. The average molecular weight is 503 g/mol. The summed E-state index contributed by atoms with van der Waals surface area (Å²) in [6.45, 7) is 3.16. The van der Waals surface area contributed by atoms with Crippen molar-refractivity contribution in [2.45, 2.75) is 71.0 Å². The number of Topliss-reactive ketones (excluding diaryl/α,β-unsaturated/α-hetero) is 1. The Morgan fingerprint density at radius 2 is 1.91 bits per heavy atom. The van der Waals surface area contributed by atoms with E-state index in [-0.39, 0.29) is 11.0 Å². The van der Waals surface area contributed by atoms with Crippen molar-refractivity contribution in [3.8, 4) is 5.19 Å². The predicted octanol–water partition coefficient (Wildman–Crippen LogP) is 5.00. The Labute approximate surface area is 199 Å². The largest absolute Gasteiger partial charge is 0.460 e. The van der Waals surface area contributed by atoms with Crippen molar-refractivity contribution in [1.82, 2.24) is 20.1 Å². The molecule has 4 rings (SSSR count). The minimum Gasteiger partial charge on any atom is -0.460 e. The summed E-state index contributed by atoms with van der Waals surface area (Å²) in [6.07, 6.45) is 3.13. The number of fused-ring (bicyclic) bond motifs is 1. The molecule has 0 saturated heterocycles. The highest BCUT2D eigenvalue weighted by atomic mass is 32.1. The van der Waals surface area contributed by atoms with Gasteiger partial charge in [-0.2, -0.15) is 13.2 Å². The van der Waals surface area contributed by atoms with Crippen molar-refractivity contribution in [2.24, 2.45) is 11.8 Å². The number of halogens is 3. The average Bonchev–Trinajstić information content (AvgIpc) is 3.36. The number of hydrogen-bond donors (Lipinski definition) is 0. The van der Waals surface area contributed by atoms with Crippen LogP contribution in [0.1, 0.15) is 59.1 Å². The number of carbonyl (C=O) groups is 1. The Morgan fingerprint density at radius 3 is 2.61 bits per heavy atom. The van der Waals surface area contributed by atoms with E-state index >= 15 is 0 Å². The Kier molecular flexibility index (Phi) is 8.01. The quantitative estimate of drug-likeness (QED) is 0.481. The molecule has 6 nitrogen and oxygen atoms in total. The maximum Gasteiger partial charge on any atom is 0.422 e. The molecule has 0 atom stereocenters. The maximum absolute atomic E-state index is 12.4. The number of aryl methyl sites for hydroxylation is 1. The van der Waals surface area contributed by atoms with Crippen molar-refractivity contribution in [2.75, 3.05) is 19.7 Å². The van der Waals surface area contributed by atoms with E-state index in [1.165, 1.54) is 22.7 Å². The highest BCUT2D eigenvalue weighted by molar-refractivity contribution is 7.13. The fourth-order valence-corrected chi connectivity index (χ4v) is 6.33. The number of rotatable bonds is 9. The molecular formula is C22H29F3N4O2S2. The van der Waals surface area contributed by atoms with Gasteiger partial charge in [0.25, 0.3) is 5.19 Å². The second-order valence-corrected chi connectivity index (χ2v) is 11.4. The van der Waals surface area contributed by atoms with Crippen LogP contribution in [-0.4, -0.2) is 51.7 Å². The first-order valence-electron chi connectivity index (χ1n) is 11.4. The van der Waals surface area contributed by atoms with Crippen LogP contribution in [0.15, 0.2) is 0 Å². The fourth-order valence-electron chi connectivity index (χ4n) is 4.69. The van der Waals surface area contributed by atoms with E-state index in [1.54, 1.807) is 0 Å². The molecule has 0 aromatic carbocycles. The molecule has 1 aliphatic heterocycles. The highest BCUT2D eigenvalue weighted by Crippen LogP contribution is 2.34. The minimum atomic E-state index is -4.34. The highest BCUT2D eigenvalue weighted by Gasteiger charge is 2.30. The van der Waals surface area contributed by atoms with Gasteiger partial charge in [-0.25, -0.2) is 4.98 Å². The summed E-state index contributed by atoms with van der Waals surface area (Å²) in [7, 11) is 0. The molecular weight excluding hydrogens is 473 g/mol. The molecule has 33 heavy (non-hydrogen) atoms. The van der Waals surface area contributed by atoms with Gasteiger partial charge in [0, 0.05) is 24.4 Å². The first kappa shape index (κ1) is 24.5. The van der Waals surface area contributed by atoms with E-state index in [9.17, 15) is 18.0 Å². The monoisotopic (exact) mass is 502 g/mol. The van der Waals surface area contributed by atoms with Gasteiger partial charge in [-0.1, -0.05) is 24.2 Å². The molecule has 0 bridgehead atoms. The summed E-state index contributed by atoms with van der Waals surface area (Å²) in [5.41, 5.74) is 0.858. The van der Waals surface area contributed by atoms with Crippen LogP contribution in [0.25, 0.3) is 0 Å². The van der Waals surface area contributed by atoms with Gasteiger partial charge in [0.05, 0.1) is 12.1 Å². The van der Waals surface area contributed by atoms with Crippen LogP contribution >= 0.6 is 22.7 Å². The summed E-state index contributed by atoms with van der Waals surface area (Å²) < 4.78 is 41.9. The summed E-state index contributed by atoms with van der Waals surface area (Å²) in [4.78, 5) is 20.0. The molecule has 182 valence electrons. The van der Waals surface area contributed by atoms with Crippen molar-refractivity contribution in [3.63, 3.8) is 0 Å². The normalized spacial score (nSPS) is 21.7. The first-order valence-corrected chi connectivity index (χ1v) is 13.1. The van der Waals surface area contributed by atoms with Crippen molar-refractivity contribution in [1.29, 1.82) is 0 Å². The van der Waals surface area contributed by atoms with Gasteiger partial charge in [-0.15, -0.1) is 21.5 Å². The first-order chi connectivity index (χ1) is 15.7. The maximum atomic E-state index is 12.4. The van der Waals surface area contributed by atoms with Crippen LogP contribution in [0, 0.1) is 18.8 Å². The van der Waals surface area contributed by atoms with Crippen LogP contribution in [0.2, 0.25) is 0 Å². The molecule has 0 unspecified atom stereocenters. The predicted molar refractivity (Wildman–Crippen MR) is 121 cm³/mol. The molecule has 2 aliphatic rings. The van der Waals surface area contributed by atoms with Crippen LogP contribution < -0.4 is 4.74 Å². The zero-order valence-electron chi connectivity index (χ0n) is 18.7. The lowest BCUT2D eigenvalue weighted by molar-refractivity contribution is -0.153. The number of thiazole rings is 1. The van der Waals surface area contributed by atoms with Crippen molar-refractivity contribution >= 4 is 28.5 Å². The molecule has 0 amide bonds. The summed E-state index contributed by atoms with van der Waals surface area (Å²) in [6, 6.07) is 0. The van der Waals surface area contributed by atoms with Gasteiger partial charge in [-0.3, -0.25) is 9.69 Å². The fraction of sp³-hybridized carbons (Fsp3) is 0.727. The number of alkyl halides is 3. The third-order valence-corrected chi connectivity index (χ3v) is 8.31. The lowest BCUT2D eigenvalue weighted by atomic mass is 9.78. The molecule has 0 spiro atoms. The zero-order valence-corrected chi connectivity index (χ0v) is 20.3. The molecule has 2 aromatic heterocycles. The van der Waals surface area contributed by atoms with Crippen LogP contribution in [-0.2, 0) is 24.2 Å². The Hall–Kier alpha value is -1.59. The van der Waals surface area contributed by atoms with Gasteiger partial charge in [-0.05, 0) is 51.0 Å². The molecule has 1 aliphatic carbocycles. The molecule has 3 heterocycles. The van der Waals surface area contributed by atoms with E-state index in [2.05, 4.69) is 20.1 Å². The number of nitrogens with zero attached hydrogens (tertiary/aromatic N) is 4. The van der Waals surface area contributed by atoms with Gasteiger partial charge >= 0.3 is 6.18 Å². The molecule has 1 saturated carbocycles. The summed E-state index contributed by atoms with van der Waals surface area (Å²) in [5, 5.41) is 9.86. The minimum absolute atomic E-state index is 0.119. The second-order valence-electron chi connectivity index (χ2n) is 9.09. The molecule has 0 radical (unpaired) electrons. The standard InChI is InChI=1S/C22H29F3N4O2S2/c1-14-27-28-20(32-14)11-17(30)10-16-4-2-15(3-5-16)6-8-29-9-7-19-18(12-29)26-21(33-19)31-13-22(23,24)25/h15-16H,2-13H2,1H3. The van der Waals surface area contributed by atoms with Gasteiger partial charge in [0.2, 0.25) is 0 Å². The number of ether oxygens (including phenoxy) is 1. The van der Waals surface area contributed by atoms with E-state index in [0.717, 1.165) is 72.2 Å². The number of ketones is 1. The zero-order chi connectivity index (χ0) is 23.4. The number of hydrogen-bond acceptors (Lipinski definition) is 8. The van der Waals surface area contributed by atoms with Gasteiger partial charge < -0.3 is 4.74 Å². The Morgan fingerprint density at radius 1 is 1.15 bits per heavy atom. The van der Waals surface area contributed by atoms with Crippen LogP contribution in [0.5, 0.6) is 5.19 Å². The lowest BCUT2D eigenvalue weighted by Gasteiger charge is -2.31. The number of carbonyl (C=O) groups excluding carboxylic acids is 1. The van der Waals surface area contributed by atoms with Crippen molar-refractivity contribution < 1.29 is 22.7 Å². The molecule has 2 aromatic rings. The van der Waals surface area contributed by atoms with Crippen LogP contribution in [0.3, 0.4) is 0 Å². The van der Waals surface area contributed by atoms with E-state index < -0.39 is 12.8 Å². The molecule has 0 N–H and O–H groups in total. The van der Waals surface area contributed by atoms with E-state index in [1.807, 2.05) is 6.92 Å². The second kappa shape index (κ2) is 10.8. The SMILES string of the molecule is Cc1nnc(CC(=O)CC2CCC(CCN3CCc4sc(OCC(F)(F)F)nc4C3)CC2)s1. The van der Waals surface area contributed by atoms with E-state index in [0.29, 0.717) is 31.2 Å². The lowest BCUT2D eigenvalue weighted by Crippen LogP contribution is -2.32. The number of aromatic nitrogens is 3. The summed E-state index contributed by atoms with van der Waals surface area (Å²) in [5.74, 6) is 1.41. The summed E-state index contributed by atoms with van der Waals surface area (Å²) >= 11 is 2.73. The Bertz CT molecular complexity index is 938.